The van der Waals surface area contributed by atoms with Gasteiger partial charge in [-0.15, -0.1) is 5.11 Å². The van der Waals surface area contributed by atoms with E-state index in [0.717, 1.165) is 4.57 Å². The van der Waals surface area contributed by atoms with Crippen LogP contribution in [0.2, 0.25) is 0 Å². The number of nitriles is 1. The zero-order chi connectivity index (χ0) is 20.3. The van der Waals surface area contributed by atoms with Gasteiger partial charge in [0, 0.05) is 17.7 Å². The van der Waals surface area contributed by atoms with Crippen LogP contribution in [0.4, 0.5) is 17.1 Å². The van der Waals surface area contributed by atoms with E-state index in [0.29, 0.717) is 5.76 Å². The predicted octanol–water partition coefficient (Wildman–Crippen LogP) is 3.70. The Bertz CT molecular complexity index is 1160. The van der Waals surface area contributed by atoms with Crippen LogP contribution in [0.1, 0.15) is 16.9 Å². The largest absolute Gasteiger partial charge is 0.493 e. The minimum Gasteiger partial charge on any atom is -0.493 e. The summed E-state index contributed by atoms with van der Waals surface area (Å²) in [7, 11) is 0. The topological polar surface area (TPSA) is 147 Å². The second-order valence-electron chi connectivity index (χ2n) is 5.73. The maximum atomic E-state index is 12.8. The summed E-state index contributed by atoms with van der Waals surface area (Å²) >= 11 is 0. The van der Waals surface area contributed by atoms with Crippen LogP contribution in [0.25, 0.3) is 0 Å². The zero-order valence-electron chi connectivity index (χ0n) is 14.6. The Kier molecular flexibility index (Phi) is 4.99. The second-order valence-corrected chi connectivity index (χ2v) is 5.73. The highest BCUT2D eigenvalue weighted by molar-refractivity contribution is 5.57. The van der Waals surface area contributed by atoms with Crippen molar-refractivity contribution in [3.63, 3.8) is 0 Å². The van der Waals surface area contributed by atoms with Crippen molar-refractivity contribution in [2.45, 2.75) is 13.5 Å². The maximum Gasteiger partial charge on any atom is 0.281 e. The van der Waals surface area contributed by atoms with Crippen molar-refractivity contribution in [1.29, 1.82) is 5.26 Å². The highest BCUT2D eigenvalue weighted by Gasteiger charge is 2.20. The van der Waals surface area contributed by atoms with Gasteiger partial charge in [0.15, 0.2) is 5.69 Å². The third-order valence-corrected chi connectivity index (χ3v) is 3.99. The van der Waals surface area contributed by atoms with Gasteiger partial charge in [0.2, 0.25) is 5.88 Å². The number of benzene rings is 1. The lowest BCUT2D eigenvalue weighted by Gasteiger charge is -2.11. The van der Waals surface area contributed by atoms with Crippen molar-refractivity contribution in [2.24, 2.45) is 10.2 Å². The Labute approximate surface area is 157 Å². The first-order valence-corrected chi connectivity index (χ1v) is 7.97. The maximum absolute atomic E-state index is 12.8. The van der Waals surface area contributed by atoms with Crippen LogP contribution in [-0.2, 0) is 6.54 Å². The number of nitrogens with zero attached hydrogens (tertiary/aromatic N) is 5. The SMILES string of the molecule is Cc1c(C#N)c(O)n(Cc2ccco2)c(=O)c1N=Nc1ccc([N+](=O)[O-])cc1. The molecular formula is C18H13N5O5. The van der Waals surface area contributed by atoms with Crippen molar-refractivity contribution in [3.05, 3.63) is 80.0 Å². The minimum atomic E-state index is -0.656. The molecule has 3 rings (SSSR count). The first kappa shape index (κ1) is 18.5. The van der Waals surface area contributed by atoms with Crippen LogP contribution in [0, 0.1) is 28.4 Å². The molecule has 0 spiro atoms. The van der Waals surface area contributed by atoms with Gasteiger partial charge in [-0.1, -0.05) is 0 Å². The van der Waals surface area contributed by atoms with Gasteiger partial charge in [0.05, 0.1) is 23.4 Å². The molecule has 0 unspecified atom stereocenters. The van der Waals surface area contributed by atoms with E-state index in [4.69, 9.17) is 4.42 Å². The Morgan fingerprint density at radius 2 is 2.00 bits per heavy atom. The summed E-state index contributed by atoms with van der Waals surface area (Å²) in [5.41, 5.74) is -0.536. The van der Waals surface area contributed by atoms with Crippen molar-refractivity contribution in [1.82, 2.24) is 4.57 Å². The third-order valence-electron chi connectivity index (χ3n) is 3.99. The molecule has 10 nitrogen and oxygen atoms in total. The molecule has 0 amide bonds. The number of aromatic nitrogens is 1. The molecule has 0 saturated heterocycles. The molecule has 0 aliphatic heterocycles. The lowest BCUT2D eigenvalue weighted by Crippen LogP contribution is -2.22. The van der Waals surface area contributed by atoms with Crippen LogP contribution in [0.3, 0.4) is 0 Å². The second kappa shape index (κ2) is 7.55. The number of pyridine rings is 1. The van der Waals surface area contributed by atoms with E-state index in [1.54, 1.807) is 12.1 Å². The Hall–Kier alpha value is -4.26. The third kappa shape index (κ3) is 3.49. The van der Waals surface area contributed by atoms with Gasteiger partial charge in [0.1, 0.15) is 17.4 Å². The number of aromatic hydroxyl groups is 1. The average Bonchev–Trinajstić information content (AvgIpc) is 3.19. The molecular weight excluding hydrogens is 366 g/mol. The van der Waals surface area contributed by atoms with Crippen molar-refractivity contribution < 1.29 is 14.4 Å². The predicted molar refractivity (Wildman–Crippen MR) is 96.9 cm³/mol. The number of nitro groups is 1. The molecule has 1 N–H and O–H groups in total. The molecule has 10 heteroatoms. The fourth-order valence-corrected chi connectivity index (χ4v) is 2.51. The summed E-state index contributed by atoms with van der Waals surface area (Å²) in [6.45, 7) is 1.38. The van der Waals surface area contributed by atoms with Crippen LogP contribution < -0.4 is 5.56 Å². The molecule has 0 fully saturated rings. The monoisotopic (exact) mass is 379 g/mol. The van der Waals surface area contributed by atoms with Crippen molar-refractivity contribution in [2.75, 3.05) is 0 Å². The van der Waals surface area contributed by atoms with Crippen molar-refractivity contribution in [3.8, 4) is 11.9 Å². The zero-order valence-corrected chi connectivity index (χ0v) is 14.6. The number of furan rings is 1. The lowest BCUT2D eigenvalue weighted by atomic mass is 10.1. The Balaban J connectivity index is 2.06. The van der Waals surface area contributed by atoms with E-state index in [2.05, 4.69) is 10.2 Å². The van der Waals surface area contributed by atoms with E-state index in [-0.39, 0.29) is 34.7 Å². The number of azo groups is 1. The van der Waals surface area contributed by atoms with Gasteiger partial charge in [-0.3, -0.25) is 19.5 Å². The fraction of sp³-hybridized carbons (Fsp3) is 0.111. The van der Waals surface area contributed by atoms with Crippen LogP contribution in [-0.4, -0.2) is 14.6 Å². The van der Waals surface area contributed by atoms with Gasteiger partial charge >= 0.3 is 0 Å². The summed E-state index contributed by atoms with van der Waals surface area (Å²) in [6, 6.07) is 10.4. The summed E-state index contributed by atoms with van der Waals surface area (Å²) in [5, 5.41) is 38.2. The molecule has 3 aromatic rings. The molecule has 2 aromatic heterocycles. The van der Waals surface area contributed by atoms with E-state index in [1.807, 2.05) is 6.07 Å². The van der Waals surface area contributed by atoms with Crippen LogP contribution in [0.15, 0.2) is 62.1 Å². The summed E-state index contributed by atoms with van der Waals surface area (Å²) in [4.78, 5) is 22.9. The summed E-state index contributed by atoms with van der Waals surface area (Å²) in [5.74, 6) is -0.0842. The first-order chi connectivity index (χ1) is 13.4. The highest BCUT2D eigenvalue weighted by atomic mass is 16.6. The smallest absolute Gasteiger partial charge is 0.281 e. The van der Waals surface area contributed by atoms with E-state index >= 15 is 0 Å². The highest BCUT2D eigenvalue weighted by Crippen LogP contribution is 2.27. The van der Waals surface area contributed by atoms with E-state index in [9.17, 15) is 25.3 Å². The molecule has 0 aliphatic carbocycles. The molecule has 140 valence electrons. The summed E-state index contributed by atoms with van der Waals surface area (Å²) in [6.07, 6.45) is 1.42. The standard InChI is InChI=1S/C18H13N5O5/c1-11-15(9-19)17(24)22(10-14-3-2-8-28-14)18(25)16(11)21-20-12-4-6-13(7-5-12)23(26)27/h2-8,24H,10H2,1H3. The Morgan fingerprint density at radius 3 is 2.57 bits per heavy atom. The normalized spacial score (nSPS) is 10.9. The van der Waals surface area contributed by atoms with Gasteiger partial charge < -0.3 is 9.52 Å². The number of hydrogen-bond acceptors (Lipinski definition) is 8. The fourth-order valence-electron chi connectivity index (χ4n) is 2.51. The molecule has 0 radical (unpaired) electrons. The minimum absolute atomic E-state index is 0.0906. The Morgan fingerprint density at radius 1 is 1.29 bits per heavy atom. The molecule has 0 bridgehead atoms. The van der Waals surface area contributed by atoms with Gasteiger partial charge in [-0.25, -0.2) is 0 Å². The number of nitro benzene ring substituents is 1. The van der Waals surface area contributed by atoms with Crippen LogP contribution in [0.5, 0.6) is 5.88 Å². The van der Waals surface area contributed by atoms with E-state index < -0.39 is 16.4 Å². The average molecular weight is 379 g/mol. The van der Waals surface area contributed by atoms with Crippen molar-refractivity contribution >= 4 is 17.1 Å². The quantitative estimate of drug-likeness (QED) is 0.406. The van der Waals surface area contributed by atoms with Crippen LogP contribution >= 0.6 is 0 Å². The molecule has 0 atom stereocenters. The molecule has 1 aromatic carbocycles. The molecule has 0 saturated carbocycles. The van der Waals surface area contributed by atoms with Gasteiger partial charge in [0.25, 0.3) is 11.2 Å². The molecule has 2 heterocycles. The molecule has 28 heavy (non-hydrogen) atoms. The number of rotatable bonds is 5. The first-order valence-electron chi connectivity index (χ1n) is 7.97. The summed E-state index contributed by atoms with van der Waals surface area (Å²) < 4.78 is 6.15. The lowest BCUT2D eigenvalue weighted by molar-refractivity contribution is -0.384. The number of hydrogen-bond donors (Lipinski definition) is 1. The number of non-ortho nitro benzene ring substituents is 1. The van der Waals surface area contributed by atoms with Gasteiger partial charge in [-0.05, 0) is 31.2 Å². The van der Waals surface area contributed by atoms with Gasteiger partial charge in [-0.2, -0.15) is 10.4 Å². The van der Waals surface area contributed by atoms with E-state index in [1.165, 1.54) is 37.5 Å². The molecule has 0 aliphatic rings.